The maximum absolute atomic E-state index is 5.82. The van der Waals surface area contributed by atoms with Gasteiger partial charge in [-0.15, -0.1) is 11.3 Å². The number of hydrogen-bond acceptors (Lipinski definition) is 6. The zero-order chi connectivity index (χ0) is 19.2. The third-order valence-corrected chi connectivity index (χ3v) is 5.81. The average Bonchev–Trinajstić information content (AvgIpc) is 2.99. The maximum atomic E-state index is 5.82. The molecule has 0 saturated heterocycles. The van der Waals surface area contributed by atoms with Gasteiger partial charge in [0.2, 0.25) is 0 Å². The predicted molar refractivity (Wildman–Crippen MR) is 114 cm³/mol. The number of fused-ring (bicyclic) bond motifs is 1. The summed E-state index contributed by atoms with van der Waals surface area (Å²) in [7, 11) is 0. The molecule has 1 aliphatic rings. The standard InChI is InChI=1S/C22H24N4OS/c23-22-25-20-9-14-26(15-10-21(20)28-22)13-1-2-17-3-5-19(6-4-17)27-16-18-7-11-24-12-8-18/h1-8,11-12H,9-10,13-16H2,(H2,23,25). The molecule has 0 unspecified atom stereocenters. The second-order valence-corrected chi connectivity index (χ2v) is 7.95. The van der Waals surface area contributed by atoms with Crippen LogP contribution in [0.5, 0.6) is 5.75 Å². The molecule has 0 amide bonds. The molecule has 144 valence electrons. The minimum atomic E-state index is 0.554. The summed E-state index contributed by atoms with van der Waals surface area (Å²) in [5.74, 6) is 0.874. The number of thiazole rings is 1. The lowest BCUT2D eigenvalue weighted by atomic mass is 10.2. The smallest absolute Gasteiger partial charge is 0.180 e. The molecule has 5 nitrogen and oxygen atoms in total. The molecular formula is C22H24N4OS. The summed E-state index contributed by atoms with van der Waals surface area (Å²) in [5.41, 5.74) is 9.30. The number of aromatic nitrogens is 2. The van der Waals surface area contributed by atoms with E-state index < -0.39 is 0 Å². The number of nitrogen functional groups attached to an aromatic ring is 1. The minimum Gasteiger partial charge on any atom is -0.489 e. The fourth-order valence-corrected chi connectivity index (χ4v) is 4.14. The first-order valence-corrected chi connectivity index (χ1v) is 10.3. The van der Waals surface area contributed by atoms with E-state index in [2.05, 4.69) is 39.2 Å². The summed E-state index contributed by atoms with van der Waals surface area (Å²) in [6.07, 6.45) is 9.99. The van der Waals surface area contributed by atoms with Gasteiger partial charge in [0.05, 0.1) is 5.69 Å². The van der Waals surface area contributed by atoms with Gasteiger partial charge in [-0.2, -0.15) is 0 Å². The zero-order valence-electron chi connectivity index (χ0n) is 15.8. The fraction of sp³-hybridized carbons (Fsp3) is 0.273. The highest BCUT2D eigenvalue weighted by molar-refractivity contribution is 7.15. The van der Waals surface area contributed by atoms with Gasteiger partial charge in [-0.3, -0.25) is 9.88 Å². The van der Waals surface area contributed by atoms with Crippen LogP contribution in [0.2, 0.25) is 0 Å². The van der Waals surface area contributed by atoms with Gasteiger partial charge in [0, 0.05) is 43.3 Å². The number of nitrogens with zero attached hydrogens (tertiary/aromatic N) is 3. The monoisotopic (exact) mass is 392 g/mol. The molecule has 0 fully saturated rings. The van der Waals surface area contributed by atoms with Crippen molar-refractivity contribution in [2.24, 2.45) is 0 Å². The van der Waals surface area contributed by atoms with Crippen LogP contribution in [0.25, 0.3) is 6.08 Å². The third-order valence-electron chi connectivity index (χ3n) is 4.82. The first-order chi connectivity index (χ1) is 13.8. The second kappa shape index (κ2) is 8.99. The van der Waals surface area contributed by atoms with Crippen LogP contribution in [0.4, 0.5) is 5.13 Å². The van der Waals surface area contributed by atoms with Gasteiger partial charge < -0.3 is 10.5 Å². The van der Waals surface area contributed by atoms with Crippen molar-refractivity contribution in [3.8, 4) is 5.75 Å². The van der Waals surface area contributed by atoms with Gasteiger partial charge in [-0.25, -0.2) is 4.98 Å². The zero-order valence-corrected chi connectivity index (χ0v) is 16.6. The number of pyridine rings is 1. The van der Waals surface area contributed by atoms with Crippen LogP contribution >= 0.6 is 11.3 Å². The van der Waals surface area contributed by atoms with Gasteiger partial charge in [0.1, 0.15) is 12.4 Å². The lowest BCUT2D eigenvalue weighted by Gasteiger charge is -2.17. The minimum absolute atomic E-state index is 0.554. The molecule has 0 saturated carbocycles. The summed E-state index contributed by atoms with van der Waals surface area (Å²) in [6, 6.07) is 12.1. The van der Waals surface area contributed by atoms with Crippen LogP contribution < -0.4 is 10.5 Å². The molecule has 1 aliphatic heterocycles. The quantitative estimate of drug-likeness (QED) is 0.691. The lowest BCUT2D eigenvalue weighted by Crippen LogP contribution is -2.26. The van der Waals surface area contributed by atoms with Gasteiger partial charge in [-0.1, -0.05) is 24.3 Å². The normalized spacial score (nSPS) is 14.7. The molecule has 3 aromatic rings. The van der Waals surface area contributed by atoms with E-state index in [9.17, 15) is 0 Å². The molecule has 2 N–H and O–H groups in total. The molecule has 6 heteroatoms. The molecule has 0 atom stereocenters. The van der Waals surface area contributed by atoms with Gasteiger partial charge in [0.25, 0.3) is 0 Å². The SMILES string of the molecule is Nc1nc2c(s1)CCN(CC=Cc1ccc(OCc3ccncc3)cc1)CC2. The molecule has 3 heterocycles. The van der Waals surface area contributed by atoms with Crippen LogP contribution in [0, 0.1) is 0 Å². The van der Waals surface area contributed by atoms with Gasteiger partial charge in [0.15, 0.2) is 5.13 Å². The Kier molecular flexibility index (Phi) is 5.99. The van der Waals surface area contributed by atoms with E-state index in [1.807, 2.05) is 24.3 Å². The van der Waals surface area contributed by atoms with E-state index in [-0.39, 0.29) is 0 Å². The predicted octanol–water partition coefficient (Wildman–Crippen LogP) is 3.81. The summed E-state index contributed by atoms with van der Waals surface area (Å²) in [6.45, 7) is 3.59. The molecule has 0 radical (unpaired) electrons. The largest absolute Gasteiger partial charge is 0.489 e. The number of hydrogen-bond donors (Lipinski definition) is 1. The highest BCUT2D eigenvalue weighted by atomic mass is 32.1. The Balaban J connectivity index is 1.25. The highest BCUT2D eigenvalue weighted by Crippen LogP contribution is 2.24. The van der Waals surface area contributed by atoms with Crippen molar-refractivity contribution in [2.75, 3.05) is 25.4 Å². The summed E-state index contributed by atoms with van der Waals surface area (Å²) < 4.78 is 5.82. The molecule has 0 aliphatic carbocycles. The Labute approximate surface area is 169 Å². The molecule has 0 bridgehead atoms. The molecular weight excluding hydrogens is 368 g/mol. The van der Waals surface area contributed by atoms with Gasteiger partial charge >= 0.3 is 0 Å². The maximum Gasteiger partial charge on any atom is 0.180 e. The molecule has 2 aromatic heterocycles. The Morgan fingerprint density at radius 3 is 2.68 bits per heavy atom. The van der Waals surface area contributed by atoms with Crippen LogP contribution in [0.1, 0.15) is 21.7 Å². The van der Waals surface area contributed by atoms with E-state index in [0.717, 1.165) is 43.8 Å². The number of anilines is 1. The van der Waals surface area contributed by atoms with E-state index in [0.29, 0.717) is 11.7 Å². The van der Waals surface area contributed by atoms with Crippen molar-refractivity contribution >= 4 is 22.5 Å². The van der Waals surface area contributed by atoms with Crippen molar-refractivity contribution in [1.29, 1.82) is 0 Å². The van der Waals surface area contributed by atoms with Crippen LogP contribution in [-0.4, -0.2) is 34.5 Å². The molecule has 0 spiro atoms. The first-order valence-electron chi connectivity index (χ1n) is 9.51. The number of rotatable bonds is 6. The molecule has 4 rings (SSSR count). The number of benzene rings is 1. The fourth-order valence-electron chi connectivity index (χ4n) is 3.27. The summed E-state index contributed by atoms with van der Waals surface area (Å²) in [4.78, 5) is 12.3. The molecule has 28 heavy (non-hydrogen) atoms. The summed E-state index contributed by atoms with van der Waals surface area (Å²) in [5, 5.41) is 0.701. The Morgan fingerprint density at radius 2 is 1.86 bits per heavy atom. The number of ether oxygens (including phenoxy) is 1. The summed E-state index contributed by atoms with van der Waals surface area (Å²) >= 11 is 1.64. The van der Waals surface area contributed by atoms with E-state index in [1.54, 1.807) is 23.7 Å². The second-order valence-electron chi connectivity index (χ2n) is 6.84. The Bertz CT molecular complexity index is 896. The van der Waals surface area contributed by atoms with Crippen molar-refractivity contribution in [3.63, 3.8) is 0 Å². The Morgan fingerprint density at radius 1 is 1.07 bits per heavy atom. The third kappa shape index (κ3) is 4.97. The topological polar surface area (TPSA) is 64.3 Å². The van der Waals surface area contributed by atoms with Crippen LogP contribution in [-0.2, 0) is 19.4 Å². The van der Waals surface area contributed by atoms with Gasteiger partial charge in [-0.05, 0) is 41.8 Å². The average molecular weight is 393 g/mol. The Hall–Kier alpha value is -2.70. The van der Waals surface area contributed by atoms with Crippen molar-refractivity contribution in [3.05, 3.63) is 76.6 Å². The molecule has 1 aromatic carbocycles. The van der Waals surface area contributed by atoms with Crippen molar-refractivity contribution in [1.82, 2.24) is 14.9 Å². The van der Waals surface area contributed by atoms with E-state index in [1.165, 1.54) is 16.1 Å². The first kappa shape index (κ1) is 18.7. The van der Waals surface area contributed by atoms with E-state index >= 15 is 0 Å². The highest BCUT2D eigenvalue weighted by Gasteiger charge is 2.16. The lowest BCUT2D eigenvalue weighted by molar-refractivity contribution is 0.306. The van der Waals surface area contributed by atoms with E-state index in [4.69, 9.17) is 10.5 Å². The van der Waals surface area contributed by atoms with Crippen LogP contribution in [0.3, 0.4) is 0 Å². The van der Waals surface area contributed by atoms with Crippen molar-refractivity contribution in [2.45, 2.75) is 19.4 Å². The van der Waals surface area contributed by atoms with Crippen LogP contribution in [0.15, 0.2) is 54.9 Å². The van der Waals surface area contributed by atoms with Crippen molar-refractivity contribution < 1.29 is 4.74 Å². The number of nitrogens with two attached hydrogens (primary N) is 1.